The molecule has 24 heavy (non-hydrogen) atoms. The third-order valence-corrected chi connectivity index (χ3v) is 3.61. The monoisotopic (exact) mass is 319 g/mol. The van der Waals surface area contributed by atoms with E-state index in [-0.39, 0.29) is 11.8 Å². The number of carbonyl (C=O) groups is 2. The van der Waals surface area contributed by atoms with Gasteiger partial charge < -0.3 is 5.32 Å². The average Bonchev–Trinajstić information content (AvgIpc) is 2.84. The second-order valence-corrected chi connectivity index (χ2v) is 5.50. The van der Waals surface area contributed by atoms with Crippen LogP contribution >= 0.6 is 0 Å². The molecule has 5 heteroatoms. The number of hydrogen-bond donors (Lipinski definition) is 1. The highest BCUT2D eigenvalue weighted by atomic mass is 16.2. The van der Waals surface area contributed by atoms with Gasteiger partial charge in [-0.2, -0.15) is 10.1 Å². The van der Waals surface area contributed by atoms with Crippen molar-refractivity contribution in [3.05, 3.63) is 65.7 Å². The molecule has 1 aliphatic rings. The fraction of sp³-hybridized carbons (Fsp3) is 0.105. The van der Waals surface area contributed by atoms with Crippen LogP contribution in [0.1, 0.15) is 19.4 Å². The van der Waals surface area contributed by atoms with Gasteiger partial charge in [-0.25, -0.2) is 0 Å². The van der Waals surface area contributed by atoms with E-state index in [1.807, 2.05) is 43.3 Å². The Morgan fingerprint density at radius 1 is 1.08 bits per heavy atom. The normalized spacial score (nSPS) is 15.6. The lowest BCUT2D eigenvalue weighted by atomic mass is 10.1. The maximum Gasteiger partial charge on any atom is 0.280 e. The summed E-state index contributed by atoms with van der Waals surface area (Å²) in [6.45, 7) is 3.27. The van der Waals surface area contributed by atoms with Crippen molar-refractivity contribution >= 4 is 35.0 Å². The number of amides is 2. The maximum absolute atomic E-state index is 12.7. The molecular weight excluding hydrogens is 302 g/mol. The van der Waals surface area contributed by atoms with Crippen LogP contribution in [-0.4, -0.2) is 17.5 Å². The van der Waals surface area contributed by atoms with Gasteiger partial charge >= 0.3 is 0 Å². The zero-order valence-electron chi connectivity index (χ0n) is 13.5. The van der Waals surface area contributed by atoms with Gasteiger partial charge in [-0.1, -0.05) is 30.3 Å². The molecule has 2 aromatic rings. The molecule has 1 aliphatic heterocycles. The van der Waals surface area contributed by atoms with E-state index in [9.17, 15) is 9.59 Å². The van der Waals surface area contributed by atoms with Crippen molar-refractivity contribution in [2.45, 2.75) is 13.8 Å². The summed E-state index contributed by atoms with van der Waals surface area (Å²) in [4.78, 5) is 23.7. The van der Waals surface area contributed by atoms with Crippen molar-refractivity contribution in [3.8, 4) is 0 Å². The van der Waals surface area contributed by atoms with Gasteiger partial charge in [-0.15, -0.1) is 0 Å². The van der Waals surface area contributed by atoms with E-state index in [1.54, 1.807) is 24.3 Å². The predicted molar refractivity (Wildman–Crippen MR) is 95.8 cm³/mol. The van der Waals surface area contributed by atoms with E-state index < -0.39 is 0 Å². The summed E-state index contributed by atoms with van der Waals surface area (Å²) in [6.07, 6.45) is 1.84. The zero-order valence-corrected chi connectivity index (χ0v) is 13.5. The Morgan fingerprint density at radius 3 is 2.38 bits per heavy atom. The first kappa shape index (κ1) is 15.7. The molecule has 0 fully saturated rings. The van der Waals surface area contributed by atoms with Crippen LogP contribution in [0.4, 0.5) is 11.4 Å². The van der Waals surface area contributed by atoms with Gasteiger partial charge in [-0.05, 0) is 42.8 Å². The summed E-state index contributed by atoms with van der Waals surface area (Å²) in [5.41, 5.74) is 3.55. The van der Waals surface area contributed by atoms with E-state index in [4.69, 9.17) is 0 Å². The SMILES string of the molecule is CC(=O)Nc1ccc(N2N=C(C)C(=Cc3ccccc3)C2=O)cc1. The Balaban J connectivity index is 1.85. The topological polar surface area (TPSA) is 61.8 Å². The molecule has 2 aromatic carbocycles. The number of benzene rings is 2. The minimum Gasteiger partial charge on any atom is -0.326 e. The highest BCUT2D eigenvalue weighted by Crippen LogP contribution is 2.26. The second kappa shape index (κ2) is 6.50. The van der Waals surface area contributed by atoms with Crippen molar-refractivity contribution in [2.24, 2.45) is 5.10 Å². The molecular formula is C19H17N3O2. The Kier molecular flexibility index (Phi) is 4.24. The minimum atomic E-state index is -0.163. The van der Waals surface area contributed by atoms with Crippen molar-refractivity contribution in [1.82, 2.24) is 0 Å². The van der Waals surface area contributed by atoms with Crippen molar-refractivity contribution in [1.29, 1.82) is 0 Å². The molecule has 2 amide bonds. The van der Waals surface area contributed by atoms with Crippen molar-refractivity contribution in [2.75, 3.05) is 10.3 Å². The van der Waals surface area contributed by atoms with Crippen LogP contribution in [-0.2, 0) is 9.59 Å². The summed E-state index contributed by atoms with van der Waals surface area (Å²) >= 11 is 0. The average molecular weight is 319 g/mol. The third kappa shape index (κ3) is 3.25. The number of rotatable bonds is 3. The predicted octanol–water partition coefficient (Wildman–Crippen LogP) is 3.45. The Labute approximate surface area is 140 Å². The van der Waals surface area contributed by atoms with Gasteiger partial charge in [0.05, 0.1) is 17.0 Å². The summed E-state index contributed by atoms with van der Waals surface area (Å²) in [5, 5.41) is 8.42. The van der Waals surface area contributed by atoms with Gasteiger partial charge in [0, 0.05) is 12.6 Å². The molecule has 0 aliphatic carbocycles. The summed E-state index contributed by atoms with van der Waals surface area (Å²) in [6, 6.07) is 16.7. The smallest absolute Gasteiger partial charge is 0.280 e. The Hall–Kier alpha value is -3.21. The summed E-state index contributed by atoms with van der Waals surface area (Å²) in [5.74, 6) is -0.300. The molecule has 0 bridgehead atoms. The molecule has 0 spiro atoms. The molecule has 0 aromatic heterocycles. The molecule has 3 rings (SSSR count). The highest BCUT2D eigenvalue weighted by Gasteiger charge is 2.28. The number of nitrogens with zero attached hydrogens (tertiary/aromatic N) is 2. The lowest BCUT2D eigenvalue weighted by Crippen LogP contribution is -2.21. The van der Waals surface area contributed by atoms with Crippen molar-refractivity contribution in [3.63, 3.8) is 0 Å². The quantitative estimate of drug-likeness (QED) is 0.881. The van der Waals surface area contributed by atoms with E-state index >= 15 is 0 Å². The van der Waals surface area contributed by atoms with Crippen molar-refractivity contribution < 1.29 is 9.59 Å². The third-order valence-electron chi connectivity index (χ3n) is 3.61. The fourth-order valence-electron chi connectivity index (χ4n) is 2.46. The molecule has 120 valence electrons. The number of nitrogens with one attached hydrogen (secondary N) is 1. The first-order chi connectivity index (χ1) is 11.5. The van der Waals surface area contributed by atoms with Crippen LogP contribution < -0.4 is 10.3 Å². The summed E-state index contributed by atoms with van der Waals surface area (Å²) < 4.78 is 0. The van der Waals surface area contributed by atoms with Gasteiger partial charge in [0.2, 0.25) is 5.91 Å². The first-order valence-electron chi connectivity index (χ1n) is 7.59. The molecule has 0 atom stereocenters. The Bertz CT molecular complexity index is 837. The lowest BCUT2D eigenvalue weighted by molar-refractivity contribution is -0.115. The lowest BCUT2D eigenvalue weighted by Gasteiger charge is -2.12. The minimum absolute atomic E-state index is 0.137. The van der Waals surface area contributed by atoms with E-state index in [2.05, 4.69) is 10.4 Å². The zero-order chi connectivity index (χ0) is 17.1. The highest BCUT2D eigenvalue weighted by molar-refractivity contribution is 6.32. The van der Waals surface area contributed by atoms with Crippen LogP contribution in [0, 0.1) is 0 Å². The van der Waals surface area contributed by atoms with Gasteiger partial charge in [0.1, 0.15) is 0 Å². The molecule has 0 radical (unpaired) electrons. The van der Waals surface area contributed by atoms with Gasteiger partial charge in [0.25, 0.3) is 5.91 Å². The first-order valence-corrected chi connectivity index (χ1v) is 7.59. The molecule has 0 unspecified atom stereocenters. The Morgan fingerprint density at radius 2 is 1.75 bits per heavy atom. The standard InChI is InChI=1S/C19H17N3O2/c1-13-18(12-15-6-4-3-5-7-15)19(24)22(21-13)17-10-8-16(9-11-17)20-14(2)23/h3-12H,1-2H3,(H,20,23). The van der Waals surface area contributed by atoms with E-state index in [1.165, 1.54) is 11.9 Å². The van der Waals surface area contributed by atoms with Crippen LogP contribution in [0.5, 0.6) is 0 Å². The van der Waals surface area contributed by atoms with Crippen LogP contribution in [0.25, 0.3) is 6.08 Å². The molecule has 5 nitrogen and oxygen atoms in total. The van der Waals surface area contributed by atoms with E-state index in [0.717, 1.165) is 5.56 Å². The largest absolute Gasteiger partial charge is 0.326 e. The molecule has 1 heterocycles. The maximum atomic E-state index is 12.7. The van der Waals surface area contributed by atoms with Crippen LogP contribution in [0.2, 0.25) is 0 Å². The summed E-state index contributed by atoms with van der Waals surface area (Å²) in [7, 11) is 0. The van der Waals surface area contributed by atoms with Gasteiger partial charge in [-0.3, -0.25) is 9.59 Å². The van der Waals surface area contributed by atoms with Crippen LogP contribution in [0.3, 0.4) is 0 Å². The molecule has 1 N–H and O–H groups in total. The van der Waals surface area contributed by atoms with Crippen LogP contribution in [0.15, 0.2) is 65.3 Å². The van der Waals surface area contributed by atoms with E-state index in [0.29, 0.717) is 22.7 Å². The molecule has 0 saturated heterocycles. The number of anilines is 2. The van der Waals surface area contributed by atoms with Gasteiger partial charge in [0.15, 0.2) is 0 Å². The molecule has 0 saturated carbocycles. The number of hydrogen-bond acceptors (Lipinski definition) is 3. The number of carbonyl (C=O) groups excluding carboxylic acids is 2. The second-order valence-electron chi connectivity index (χ2n) is 5.50. The fourth-order valence-corrected chi connectivity index (χ4v) is 2.46. The number of hydrazone groups is 1.